The minimum absolute atomic E-state index is 0.103. The molecule has 12 heteroatoms. The van der Waals surface area contributed by atoms with Gasteiger partial charge in [0.15, 0.2) is 12.3 Å². The minimum atomic E-state index is -1.41. The van der Waals surface area contributed by atoms with Crippen molar-refractivity contribution < 1.29 is 38.2 Å². The fourth-order valence-electron chi connectivity index (χ4n) is 4.16. The van der Waals surface area contributed by atoms with Gasteiger partial charge in [-0.25, -0.2) is 19.4 Å². The molecule has 0 radical (unpaired) electrons. The van der Waals surface area contributed by atoms with Crippen molar-refractivity contribution in [3.63, 3.8) is 0 Å². The van der Waals surface area contributed by atoms with E-state index in [1.54, 1.807) is 16.0 Å². The van der Waals surface area contributed by atoms with Gasteiger partial charge in [-0.2, -0.15) is 0 Å². The maximum absolute atomic E-state index is 13.3. The van der Waals surface area contributed by atoms with E-state index in [0.717, 1.165) is 0 Å². The number of hydrogen-bond acceptors (Lipinski definition) is 11. The number of carbonyl (C=O) groups is 3. The van der Waals surface area contributed by atoms with E-state index < -0.39 is 29.4 Å². The standard InChI is InChI=1S/C26H34N4O8/c1-25(2,3)38-24(33)28-14-12-27(13-15-28)21(20-22(31)36-26(4,5)37-23(20)32)30(18-10-8-7-9-11-18)19-16-29(34-6)17-35-19/h7-11,16H,12-15,17H2,1-6H3. The molecule has 3 aliphatic heterocycles. The fourth-order valence-corrected chi connectivity index (χ4v) is 4.16. The molecule has 206 valence electrons. The first-order valence-corrected chi connectivity index (χ1v) is 12.3. The Balaban J connectivity index is 1.77. The predicted molar refractivity (Wildman–Crippen MR) is 134 cm³/mol. The highest BCUT2D eigenvalue weighted by Gasteiger charge is 2.45. The SMILES string of the molecule is CON1C=C(N(C(=C2C(=O)OC(C)(C)OC2=O)N2CCN(C(=O)OC(C)(C)C)CC2)c2ccccc2)OC1. The third kappa shape index (κ3) is 5.96. The van der Waals surface area contributed by atoms with Gasteiger partial charge in [-0.3, -0.25) is 9.74 Å². The maximum atomic E-state index is 13.3. The van der Waals surface area contributed by atoms with Gasteiger partial charge < -0.3 is 28.7 Å². The third-order valence-electron chi connectivity index (χ3n) is 5.81. The highest BCUT2D eigenvalue weighted by atomic mass is 16.7. The lowest BCUT2D eigenvalue weighted by atomic mass is 10.1. The lowest BCUT2D eigenvalue weighted by Gasteiger charge is -2.42. The molecule has 2 saturated heterocycles. The number of ether oxygens (including phenoxy) is 4. The average molecular weight is 531 g/mol. The number of nitrogens with zero attached hydrogens (tertiary/aromatic N) is 4. The largest absolute Gasteiger partial charge is 0.454 e. The summed E-state index contributed by atoms with van der Waals surface area (Å²) in [6.45, 7) is 9.71. The smallest absolute Gasteiger partial charge is 0.410 e. The Morgan fingerprint density at radius 1 is 0.974 bits per heavy atom. The number of benzene rings is 1. The van der Waals surface area contributed by atoms with Gasteiger partial charge in [-0.15, -0.1) is 0 Å². The van der Waals surface area contributed by atoms with Crippen molar-refractivity contribution in [2.45, 2.75) is 46.0 Å². The van der Waals surface area contributed by atoms with Crippen LogP contribution in [0.15, 0.2) is 53.8 Å². The van der Waals surface area contributed by atoms with Crippen LogP contribution in [0.2, 0.25) is 0 Å². The summed E-state index contributed by atoms with van der Waals surface area (Å²) in [4.78, 5) is 49.6. The van der Waals surface area contributed by atoms with Gasteiger partial charge in [0.2, 0.25) is 5.88 Å². The van der Waals surface area contributed by atoms with E-state index >= 15 is 0 Å². The highest BCUT2D eigenvalue weighted by molar-refractivity contribution is 6.16. The summed E-state index contributed by atoms with van der Waals surface area (Å²) in [5.41, 5.74) is -0.286. The van der Waals surface area contributed by atoms with Crippen LogP contribution in [0.25, 0.3) is 0 Å². The Kier molecular flexibility index (Phi) is 7.45. The molecular formula is C26H34N4O8. The molecule has 3 heterocycles. The first-order valence-electron chi connectivity index (χ1n) is 12.3. The molecule has 0 atom stereocenters. The Labute approximate surface area is 221 Å². The van der Waals surface area contributed by atoms with E-state index in [4.69, 9.17) is 23.8 Å². The number of rotatable bonds is 5. The molecule has 0 unspecified atom stereocenters. The van der Waals surface area contributed by atoms with Crippen LogP contribution in [-0.4, -0.2) is 84.3 Å². The fraction of sp³-hybridized carbons (Fsp3) is 0.500. The number of cyclic esters (lactones) is 2. The van der Waals surface area contributed by atoms with Crippen LogP contribution >= 0.6 is 0 Å². The van der Waals surface area contributed by atoms with E-state index in [1.165, 1.54) is 26.0 Å². The van der Waals surface area contributed by atoms with E-state index in [2.05, 4.69) is 0 Å². The molecule has 0 aromatic heterocycles. The predicted octanol–water partition coefficient (Wildman–Crippen LogP) is 2.74. The lowest BCUT2D eigenvalue weighted by Crippen LogP contribution is -2.53. The van der Waals surface area contributed by atoms with Crippen molar-refractivity contribution >= 4 is 23.7 Å². The normalized spacial score (nSPS) is 19.4. The molecule has 0 N–H and O–H groups in total. The van der Waals surface area contributed by atoms with Gasteiger partial charge in [-0.1, -0.05) is 18.2 Å². The molecule has 3 aliphatic rings. The number of piperazine rings is 1. The molecule has 0 saturated carbocycles. The van der Waals surface area contributed by atoms with Gasteiger partial charge >= 0.3 is 18.0 Å². The Morgan fingerprint density at radius 3 is 2.08 bits per heavy atom. The van der Waals surface area contributed by atoms with Crippen molar-refractivity contribution in [1.29, 1.82) is 0 Å². The minimum Gasteiger partial charge on any atom is -0.454 e. The van der Waals surface area contributed by atoms with Gasteiger partial charge in [0, 0.05) is 40.0 Å². The molecule has 1 aromatic rings. The quantitative estimate of drug-likeness (QED) is 0.318. The zero-order valence-corrected chi connectivity index (χ0v) is 22.6. The molecule has 12 nitrogen and oxygen atoms in total. The maximum Gasteiger partial charge on any atom is 0.410 e. The second-order valence-corrected chi connectivity index (χ2v) is 10.3. The topological polar surface area (TPSA) is 110 Å². The molecule has 0 bridgehead atoms. The summed E-state index contributed by atoms with van der Waals surface area (Å²) in [6, 6.07) is 9.15. The van der Waals surface area contributed by atoms with Crippen LogP contribution in [0.5, 0.6) is 0 Å². The summed E-state index contributed by atoms with van der Waals surface area (Å²) in [5.74, 6) is -2.51. The number of amides is 1. The number of hydrogen-bond donors (Lipinski definition) is 0. The van der Waals surface area contributed by atoms with Gasteiger partial charge in [0.25, 0.3) is 5.79 Å². The van der Waals surface area contributed by atoms with E-state index in [1.807, 2.05) is 56.0 Å². The number of hydroxylamine groups is 2. The Bertz CT molecular complexity index is 1110. The number of para-hydroxylation sites is 1. The summed E-state index contributed by atoms with van der Waals surface area (Å²) >= 11 is 0. The first-order chi connectivity index (χ1) is 17.9. The molecule has 0 spiro atoms. The van der Waals surface area contributed by atoms with Crippen LogP contribution in [0, 0.1) is 0 Å². The van der Waals surface area contributed by atoms with E-state index in [0.29, 0.717) is 37.7 Å². The van der Waals surface area contributed by atoms with Gasteiger partial charge in [0.1, 0.15) is 11.4 Å². The lowest BCUT2D eigenvalue weighted by molar-refractivity contribution is -0.222. The van der Waals surface area contributed by atoms with Crippen LogP contribution in [0.3, 0.4) is 0 Å². The number of esters is 2. The summed E-state index contributed by atoms with van der Waals surface area (Å²) in [6.07, 6.45) is 1.19. The van der Waals surface area contributed by atoms with Crippen molar-refractivity contribution in [1.82, 2.24) is 14.9 Å². The van der Waals surface area contributed by atoms with Crippen LogP contribution in [0.1, 0.15) is 34.6 Å². The molecular weight excluding hydrogens is 496 g/mol. The van der Waals surface area contributed by atoms with E-state index in [-0.39, 0.29) is 18.1 Å². The van der Waals surface area contributed by atoms with Gasteiger partial charge in [0.05, 0.1) is 19.0 Å². The Hall–Kier alpha value is -3.93. The zero-order chi connectivity index (χ0) is 27.7. The van der Waals surface area contributed by atoms with Crippen LogP contribution in [-0.2, 0) is 33.4 Å². The first kappa shape index (κ1) is 27.1. The molecule has 0 aliphatic carbocycles. The highest BCUT2D eigenvalue weighted by Crippen LogP contribution is 2.35. The monoisotopic (exact) mass is 530 g/mol. The number of carbonyl (C=O) groups excluding carboxylic acids is 3. The van der Waals surface area contributed by atoms with E-state index in [9.17, 15) is 14.4 Å². The van der Waals surface area contributed by atoms with Crippen molar-refractivity contribution in [3.8, 4) is 0 Å². The molecule has 1 aromatic carbocycles. The third-order valence-corrected chi connectivity index (χ3v) is 5.81. The number of anilines is 1. The molecule has 2 fully saturated rings. The van der Waals surface area contributed by atoms with Gasteiger partial charge in [-0.05, 0) is 32.9 Å². The van der Waals surface area contributed by atoms with Crippen molar-refractivity contribution in [2.75, 3.05) is 44.9 Å². The van der Waals surface area contributed by atoms with Crippen LogP contribution in [0.4, 0.5) is 10.5 Å². The molecule has 4 rings (SSSR count). The van der Waals surface area contributed by atoms with Crippen LogP contribution < -0.4 is 4.90 Å². The summed E-state index contributed by atoms with van der Waals surface area (Å²) < 4.78 is 22.3. The summed E-state index contributed by atoms with van der Waals surface area (Å²) in [7, 11) is 1.50. The average Bonchev–Trinajstić information content (AvgIpc) is 3.31. The molecule has 38 heavy (non-hydrogen) atoms. The van der Waals surface area contributed by atoms with Crippen molar-refractivity contribution in [2.24, 2.45) is 0 Å². The zero-order valence-electron chi connectivity index (χ0n) is 22.6. The second-order valence-electron chi connectivity index (χ2n) is 10.3. The van der Waals surface area contributed by atoms with Crippen molar-refractivity contribution in [3.05, 3.63) is 53.8 Å². The Morgan fingerprint density at radius 2 is 1.55 bits per heavy atom. The molecule has 1 amide bonds. The summed E-state index contributed by atoms with van der Waals surface area (Å²) in [5, 5.41) is 1.47. The second kappa shape index (κ2) is 10.4.